The molecule has 0 spiro atoms. The summed E-state index contributed by atoms with van der Waals surface area (Å²) in [6.07, 6.45) is 3.28. The summed E-state index contributed by atoms with van der Waals surface area (Å²) in [4.78, 5) is 12.0. The van der Waals surface area contributed by atoms with Crippen molar-refractivity contribution < 1.29 is 0 Å². The first-order valence-electron chi connectivity index (χ1n) is 6.27. The molecule has 1 N–H and O–H groups in total. The zero-order valence-electron chi connectivity index (χ0n) is 11.3. The van der Waals surface area contributed by atoms with Crippen molar-refractivity contribution in [3.8, 4) is 0 Å². The van der Waals surface area contributed by atoms with Crippen LogP contribution in [0.2, 0.25) is 0 Å². The molecule has 0 saturated carbocycles. The molecule has 0 aliphatic heterocycles. The lowest BCUT2D eigenvalue weighted by atomic mass is 10.1. The number of rotatable bonds is 5. The third-order valence-electron chi connectivity index (χ3n) is 2.89. The first kappa shape index (κ1) is 14.5. The molecule has 0 radical (unpaired) electrons. The summed E-state index contributed by atoms with van der Waals surface area (Å²) in [5.41, 5.74) is 2.90. The molecule has 1 aromatic carbocycles. The van der Waals surface area contributed by atoms with Gasteiger partial charge in [0.05, 0.1) is 18.4 Å². The van der Waals surface area contributed by atoms with Crippen LogP contribution in [0.4, 0.5) is 5.69 Å². The number of nitrogens with zero attached hydrogens (tertiary/aromatic N) is 2. The molecule has 2 aromatic rings. The van der Waals surface area contributed by atoms with E-state index in [2.05, 4.69) is 64.1 Å². The summed E-state index contributed by atoms with van der Waals surface area (Å²) in [5.74, 6) is 0. The maximum atomic E-state index is 12.0. The Labute approximate surface area is 126 Å². The Hall–Kier alpha value is -1.88. The average Bonchev–Trinajstić information content (AvgIpc) is 2.45. The Morgan fingerprint density at radius 3 is 2.75 bits per heavy atom. The molecule has 0 aliphatic rings. The van der Waals surface area contributed by atoms with E-state index >= 15 is 0 Å². The fourth-order valence-corrected chi connectivity index (χ4v) is 2.19. The highest BCUT2D eigenvalue weighted by Crippen LogP contribution is 2.17. The third kappa shape index (κ3) is 3.36. The first-order valence-corrected chi connectivity index (χ1v) is 7.07. The third-order valence-corrected chi connectivity index (χ3v) is 3.66. The van der Waals surface area contributed by atoms with E-state index in [1.54, 1.807) is 12.3 Å². The number of allylic oxidation sites excluding steroid dienone is 1. The number of anilines is 1. The van der Waals surface area contributed by atoms with Gasteiger partial charge in [-0.3, -0.25) is 4.79 Å². The van der Waals surface area contributed by atoms with Gasteiger partial charge in [0.2, 0.25) is 0 Å². The lowest BCUT2D eigenvalue weighted by Crippen LogP contribution is -2.23. The van der Waals surface area contributed by atoms with Gasteiger partial charge in [-0.1, -0.05) is 35.9 Å². The van der Waals surface area contributed by atoms with Crippen molar-refractivity contribution >= 4 is 21.6 Å². The number of nitrogens with one attached hydrogen (secondary N) is 1. The first-order chi connectivity index (χ1) is 9.61. The summed E-state index contributed by atoms with van der Waals surface area (Å²) in [6.45, 7) is 6.70. The second kappa shape index (κ2) is 6.52. The molecule has 20 heavy (non-hydrogen) atoms. The minimum atomic E-state index is -0.168. The van der Waals surface area contributed by atoms with Crippen LogP contribution in [0.25, 0.3) is 0 Å². The van der Waals surface area contributed by atoms with Crippen LogP contribution in [0, 0.1) is 6.92 Å². The summed E-state index contributed by atoms with van der Waals surface area (Å²) >= 11 is 3.32. The minimum absolute atomic E-state index is 0.168. The summed E-state index contributed by atoms with van der Waals surface area (Å²) < 4.78 is 1.84. The number of benzene rings is 1. The molecule has 2 rings (SSSR count). The van der Waals surface area contributed by atoms with E-state index in [0.29, 0.717) is 23.2 Å². The van der Waals surface area contributed by atoms with E-state index in [-0.39, 0.29) is 5.56 Å². The lowest BCUT2D eigenvalue weighted by molar-refractivity contribution is 0.649. The topological polar surface area (TPSA) is 46.9 Å². The van der Waals surface area contributed by atoms with Gasteiger partial charge >= 0.3 is 0 Å². The van der Waals surface area contributed by atoms with Gasteiger partial charge in [0.15, 0.2) is 0 Å². The SMILES string of the molecule is C=CCn1ncc(NCc2ccc(C)cc2)c(Br)c1=O. The van der Waals surface area contributed by atoms with E-state index < -0.39 is 0 Å². The highest BCUT2D eigenvalue weighted by molar-refractivity contribution is 9.10. The molecule has 104 valence electrons. The number of halogens is 1. The molecule has 0 aliphatic carbocycles. The average molecular weight is 334 g/mol. The molecule has 0 atom stereocenters. The Kier molecular flexibility index (Phi) is 4.74. The van der Waals surface area contributed by atoms with Gasteiger partial charge in [0.1, 0.15) is 4.47 Å². The number of hydrogen-bond acceptors (Lipinski definition) is 3. The monoisotopic (exact) mass is 333 g/mol. The predicted molar refractivity (Wildman–Crippen MR) is 84.9 cm³/mol. The molecule has 0 fully saturated rings. The van der Waals surface area contributed by atoms with Crippen LogP contribution in [0.3, 0.4) is 0 Å². The smallest absolute Gasteiger partial charge is 0.283 e. The summed E-state index contributed by atoms with van der Waals surface area (Å²) in [6, 6.07) is 8.24. The molecule has 0 saturated heterocycles. The van der Waals surface area contributed by atoms with Crippen LogP contribution in [-0.4, -0.2) is 9.78 Å². The highest BCUT2D eigenvalue weighted by Gasteiger charge is 2.07. The molecule has 0 unspecified atom stereocenters. The number of hydrogen-bond donors (Lipinski definition) is 1. The second-order valence-electron chi connectivity index (χ2n) is 4.49. The van der Waals surface area contributed by atoms with E-state index in [4.69, 9.17) is 0 Å². The largest absolute Gasteiger partial charge is 0.379 e. The Bertz CT molecular complexity index is 662. The minimum Gasteiger partial charge on any atom is -0.379 e. The van der Waals surface area contributed by atoms with E-state index in [9.17, 15) is 4.79 Å². The molecule has 0 bridgehead atoms. The van der Waals surface area contributed by atoms with Gasteiger partial charge < -0.3 is 5.32 Å². The maximum absolute atomic E-state index is 12.0. The predicted octanol–water partition coefficient (Wildman–Crippen LogP) is 3.11. The van der Waals surface area contributed by atoms with E-state index in [1.807, 2.05) is 0 Å². The zero-order valence-corrected chi connectivity index (χ0v) is 12.9. The Morgan fingerprint density at radius 2 is 2.10 bits per heavy atom. The zero-order chi connectivity index (χ0) is 14.5. The van der Waals surface area contributed by atoms with Gasteiger partial charge in [0.25, 0.3) is 5.56 Å². The van der Waals surface area contributed by atoms with Gasteiger partial charge in [-0.25, -0.2) is 4.68 Å². The van der Waals surface area contributed by atoms with Crippen LogP contribution in [-0.2, 0) is 13.1 Å². The van der Waals surface area contributed by atoms with Gasteiger partial charge in [-0.05, 0) is 28.4 Å². The Morgan fingerprint density at radius 1 is 1.40 bits per heavy atom. The molecular weight excluding hydrogens is 318 g/mol. The summed E-state index contributed by atoms with van der Waals surface area (Å²) in [7, 11) is 0. The van der Waals surface area contributed by atoms with Crippen LogP contribution in [0.1, 0.15) is 11.1 Å². The maximum Gasteiger partial charge on any atom is 0.283 e. The lowest BCUT2D eigenvalue weighted by Gasteiger charge is -2.10. The van der Waals surface area contributed by atoms with E-state index in [1.165, 1.54) is 10.2 Å². The van der Waals surface area contributed by atoms with Crippen molar-refractivity contribution in [2.24, 2.45) is 0 Å². The van der Waals surface area contributed by atoms with Crippen LogP contribution in [0.15, 0.2) is 52.4 Å². The highest BCUT2D eigenvalue weighted by atomic mass is 79.9. The molecule has 4 nitrogen and oxygen atoms in total. The van der Waals surface area contributed by atoms with Gasteiger partial charge in [-0.2, -0.15) is 5.10 Å². The van der Waals surface area contributed by atoms with Crippen LogP contribution >= 0.6 is 15.9 Å². The molecule has 5 heteroatoms. The van der Waals surface area contributed by atoms with E-state index in [0.717, 1.165) is 5.56 Å². The van der Waals surface area contributed by atoms with Crippen molar-refractivity contribution in [3.63, 3.8) is 0 Å². The second-order valence-corrected chi connectivity index (χ2v) is 5.28. The van der Waals surface area contributed by atoms with Crippen molar-refractivity contribution in [1.29, 1.82) is 0 Å². The molecule has 1 heterocycles. The van der Waals surface area contributed by atoms with Gasteiger partial charge in [-0.15, -0.1) is 6.58 Å². The molecular formula is C15H16BrN3O. The van der Waals surface area contributed by atoms with Crippen molar-refractivity contribution in [2.45, 2.75) is 20.0 Å². The standard InChI is InChI=1S/C15H16BrN3O/c1-3-8-19-15(20)14(16)13(10-18-19)17-9-12-6-4-11(2)5-7-12/h3-7,10,17H,1,8-9H2,2H3. The normalized spacial score (nSPS) is 10.3. The van der Waals surface area contributed by atoms with Crippen LogP contribution in [0.5, 0.6) is 0 Å². The number of aromatic nitrogens is 2. The van der Waals surface area contributed by atoms with Gasteiger partial charge in [0, 0.05) is 6.54 Å². The van der Waals surface area contributed by atoms with Crippen molar-refractivity contribution in [1.82, 2.24) is 9.78 Å². The fourth-order valence-electron chi connectivity index (χ4n) is 1.74. The number of aryl methyl sites for hydroxylation is 1. The Balaban J connectivity index is 2.14. The fraction of sp³-hybridized carbons (Fsp3) is 0.200. The van der Waals surface area contributed by atoms with Crippen molar-refractivity contribution in [3.05, 3.63) is 69.1 Å². The van der Waals surface area contributed by atoms with Crippen molar-refractivity contribution in [2.75, 3.05) is 5.32 Å². The molecule has 0 amide bonds. The molecule has 1 aromatic heterocycles. The quantitative estimate of drug-likeness (QED) is 0.855. The summed E-state index contributed by atoms with van der Waals surface area (Å²) in [5, 5.41) is 7.31. The van der Waals surface area contributed by atoms with Crippen LogP contribution < -0.4 is 10.9 Å².